The summed E-state index contributed by atoms with van der Waals surface area (Å²) < 4.78 is 6.17. The summed E-state index contributed by atoms with van der Waals surface area (Å²) in [5, 5.41) is 1.13. The molecule has 0 saturated heterocycles. The van der Waals surface area contributed by atoms with Crippen molar-refractivity contribution >= 4 is 26.8 Å². The van der Waals surface area contributed by atoms with Crippen molar-refractivity contribution in [2.45, 2.75) is 0 Å². The van der Waals surface area contributed by atoms with Crippen molar-refractivity contribution in [2.24, 2.45) is 0 Å². The number of para-hydroxylation sites is 1. The molecule has 3 rings (SSSR count). The first-order valence-corrected chi connectivity index (χ1v) is 6.77. The Morgan fingerprint density at radius 1 is 1.00 bits per heavy atom. The number of pyridine rings is 1. The van der Waals surface area contributed by atoms with Gasteiger partial charge in [-0.05, 0) is 52.3 Å². The quantitative estimate of drug-likeness (QED) is 0.685. The van der Waals surface area contributed by atoms with Crippen molar-refractivity contribution in [1.29, 1.82) is 0 Å². The highest BCUT2D eigenvalue weighted by molar-refractivity contribution is 9.10. The van der Waals surface area contributed by atoms with E-state index in [-0.39, 0.29) is 0 Å². The standard InChI is InChI=1S/C16H12BrNO/c1-19-13-8-6-11(7-9-13)16-14(17)10-12-4-2-3-5-15(12)18-16/h2-10H,1H3. The van der Waals surface area contributed by atoms with Crippen LogP contribution in [0.2, 0.25) is 0 Å². The minimum atomic E-state index is 0.848. The highest BCUT2D eigenvalue weighted by atomic mass is 79.9. The van der Waals surface area contributed by atoms with Crippen molar-refractivity contribution in [3.8, 4) is 17.0 Å². The Balaban J connectivity index is 2.15. The van der Waals surface area contributed by atoms with Crippen LogP contribution in [0.4, 0.5) is 0 Å². The smallest absolute Gasteiger partial charge is 0.118 e. The van der Waals surface area contributed by atoms with Gasteiger partial charge in [0.05, 0.1) is 18.3 Å². The summed E-state index contributed by atoms with van der Waals surface area (Å²) >= 11 is 3.60. The average Bonchev–Trinajstić information content (AvgIpc) is 2.47. The number of methoxy groups -OCH3 is 1. The van der Waals surface area contributed by atoms with E-state index in [0.717, 1.165) is 32.4 Å². The van der Waals surface area contributed by atoms with E-state index in [1.54, 1.807) is 7.11 Å². The van der Waals surface area contributed by atoms with Gasteiger partial charge in [-0.1, -0.05) is 18.2 Å². The van der Waals surface area contributed by atoms with Crippen LogP contribution in [0.25, 0.3) is 22.2 Å². The SMILES string of the molecule is COc1ccc(-c2nc3ccccc3cc2Br)cc1. The van der Waals surface area contributed by atoms with E-state index in [9.17, 15) is 0 Å². The summed E-state index contributed by atoms with van der Waals surface area (Å²) in [6.45, 7) is 0. The molecule has 94 valence electrons. The van der Waals surface area contributed by atoms with Crippen LogP contribution < -0.4 is 4.74 Å². The highest BCUT2D eigenvalue weighted by Gasteiger charge is 2.07. The maximum absolute atomic E-state index is 5.17. The third-order valence-corrected chi connectivity index (χ3v) is 3.65. The zero-order chi connectivity index (χ0) is 13.2. The number of fused-ring (bicyclic) bond motifs is 1. The maximum Gasteiger partial charge on any atom is 0.118 e. The van der Waals surface area contributed by atoms with E-state index in [1.807, 2.05) is 42.5 Å². The number of halogens is 1. The Bertz CT molecular complexity index is 722. The van der Waals surface area contributed by atoms with Crippen LogP contribution in [0, 0.1) is 0 Å². The van der Waals surface area contributed by atoms with Crippen molar-refractivity contribution in [1.82, 2.24) is 4.98 Å². The molecule has 3 heteroatoms. The minimum absolute atomic E-state index is 0.848. The van der Waals surface area contributed by atoms with Crippen molar-refractivity contribution in [3.63, 3.8) is 0 Å². The van der Waals surface area contributed by atoms with Crippen LogP contribution in [0.1, 0.15) is 0 Å². The zero-order valence-corrected chi connectivity index (χ0v) is 12.0. The van der Waals surface area contributed by atoms with E-state index in [2.05, 4.69) is 28.1 Å². The molecule has 0 unspecified atom stereocenters. The van der Waals surface area contributed by atoms with Gasteiger partial charge in [0.25, 0.3) is 0 Å². The Labute approximate surface area is 120 Å². The topological polar surface area (TPSA) is 22.1 Å². The van der Waals surface area contributed by atoms with Crippen LogP contribution in [-0.4, -0.2) is 12.1 Å². The first-order chi connectivity index (χ1) is 9.28. The second-order valence-electron chi connectivity index (χ2n) is 4.24. The molecule has 0 bridgehead atoms. The molecule has 0 aliphatic rings. The Morgan fingerprint density at radius 2 is 1.74 bits per heavy atom. The van der Waals surface area contributed by atoms with Gasteiger partial charge in [0.1, 0.15) is 5.75 Å². The van der Waals surface area contributed by atoms with E-state index in [0.29, 0.717) is 0 Å². The number of hydrogen-bond donors (Lipinski definition) is 0. The molecule has 0 aliphatic heterocycles. The molecule has 1 aromatic heterocycles. The molecule has 0 radical (unpaired) electrons. The fraction of sp³-hybridized carbons (Fsp3) is 0.0625. The number of benzene rings is 2. The molecule has 19 heavy (non-hydrogen) atoms. The third kappa shape index (κ3) is 2.34. The Hall–Kier alpha value is -1.87. The van der Waals surface area contributed by atoms with E-state index < -0.39 is 0 Å². The summed E-state index contributed by atoms with van der Waals surface area (Å²) in [5.41, 5.74) is 3.01. The van der Waals surface area contributed by atoms with Gasteiger partial charge in [0.2, 0.25) is 0 Å². The summed E-state index contributed by atoms with van der Waals surface area (Å²) in [6, 6.07) is 18.1. The van der Waals surface area contributed by atoms with Gasteiger partial charge in [-0.15, -0.1) is 0 Å². The van der Waals surface area contributed by atoms with Crippen LogP contribution in [-0.2, 0) is 0 Å². The predicted octanol–water partition coefficient (Wildman–Crippen LogP) is 4.67. The largest absolute Gasteiger partial charge is 0.497 e. The molecule has 0 fully saturated rings. The third-order valence-electron chi connectivity index (χ3n) is 3.04. The molecule has 3 aromatic rings. The van der Waals surface area contributed by atoms with Gasteiger partial charge in [-0.2, -0.15) is 0 Å². The second kappa shape index (κ2) is 5.02. The van der Waals surface area contributed by atoms with Crippen LogP contribution >= 0.6 is 15.9 Å². The van der Waals surface area contributed by atoms with Gasteiger partial charge >= 0.3 is 0 Å². The van der Waals surface area contributed by atoms with Gasteiger partial charge in [0.15, 0.2) is 0 Å². The monoisotopic (exact) mass is 313 g/mol. The lowest BCUT2D eigenvalue weighted by Crippen LogP contribution is -1.88. The molecule has 0 aliphatic carbocycles. The molecule has 2 nitrogen and oxygen atoms in total. The van der Waals surface area contributed by atoms with Gasteiger partial charge in [-0.25, -0.2) is 4.98 Å². The molecule has 0 amide bonds. The van der Waals surface area contributed by atoms with Crippen LogP contribution in [0.15, 0.2) is 59.1 Å². The molecular formula is C16H12BrNO. The number of nitrogens with zero attached hydrogens (tertiary/aromatic N) is 1. The first kappa shape index (κ1) is 12.2. The number of aromatic nitrogens is 1. The number of hydrogen-bond acceptors (Lipinski definition) is 2. The van der Waals surface area contributed by atoms with Crippen molar-refractivity contribution in [3.05, 3.63) is 59.1 Å². The van der Waals surface area contributed by atoms with E-state index in [4.69, 9.17) is 9.72 Å². The zero-order valence-electron chi connectivity index (χ0n) is 10.4. The normalized spacial score (nSPS) is 10.6. The van der Waals surface area contributed by atoms with Crippen LogP contribution in [0.3, 0.4) is 0 Å². The number of rotatable bonds is 2. The maximum atomic E-state index is 5.17. The molecule has 0 saturated carbocycles. The Morgan fingerprint density at radius 3 is 2.47 bits per heavy atom. The predicted molar refractivity (Wildman–Crippen MR) is 81.4 cm³/mol. The Kier molecular flexibility index (Phi) is 3.22. The fourth-order valence-corrected chi connectivity index (χ4v) is 2.61. The fourth-order valence-electron chi connectivity index (χ4n) is 2.04. The molecule has 1 heterocycles. The lowest BCUT2D eigenvalue weighted by molar-refractivity contribution is 0.415. The molecule has 0 atom stereocenters. The van der Waals surface area contributed by atoms with Crippen LogP contribution in [0.5, 0.6) is 5.75 Å². The minimum Gasteiger partial charge on any atom is -0.497 e. The van der Waals surface area contributed by atoms with E-state index >= 15 is 0 Å². The molecular weight excluding hydrogens is 302 g/mol. The van der Waals surface area contributed by atoms with Crippen molar-refractivity contribution in [2.75, 3.05) is 7.11 Å². The summed E-state index contributed by atoms with van der Waals surface area (Å²) in [4.78, 5) is 4.71. The average molecular weight is 314 g/mol. The lowest BCUT2D eigenvalue weighted by atomic mass is 10.1. The first-order valence-electron chi connectivity index (χ1n) is 5.97. The van der Waals surface area contributed by atoms with Gasteiger partial charge in [0, 0.05) is 15.4 Å². The lowest BCUT2D eigenvalue weighted by Gasteiger charge is -2.07. The highest BCUT2D eigenvalue weighted by Crippen LogP contribution is 2.30. The van der Waals surface area contributed by atoms with Gasteiger partial charge in [-0.3, -0.25) is 0 Å². The summed E-state index contributed by atoms with van der Waals surface area (Å²) in [5.74, 6) is 0.848. The summed E-state index contributed by atoms with van der Waals surface area (Å²) in [7, 11) is 1.67. The summed E-state index contributed by atoms with van der Waals surface area (Å²) in [6.07, 6.45) is 0. The molecule has 0 N–H and O–H groups in total. The number of ether oxygens (including phenoxy) is 1. The van der Waals surface area contributed by atoms with Gasteiger partial charge < -0.3 is 4.74 Å². The van der Waals surface area contributed by atoms with Crippen molar-refractivity contribution < 1.29 is 4.74 Å². The molecule has 0 spiro atoms. The molecule has 2 aromatic carbocycles. The second-order valence-corrected chi connectivity index (χ2v) is 5.09. The van der Waals surface area contributed by atoms with E-state index in [1.165, 1.54) is 0 Å².